The third kappa shape index (κ3) is 4.18. The van der Waals surface area contributed by atoms with Crippen molar-refractivity contribution in [3.8, 4) is 22.0 Å². The van der Waals surface area contributed by atoms with E-state index in [-0.39, 0.29) is 0 Å². The maximum Gasteiger partial charge on any atom is 0.227 e. The summed E-state index contributed by atoms with van der Waals surface area (Å²) in [6.07, 6.45) is 8.00. The van der Waals surface area contributed by atoms with Gasteiger partial charge in [0.1, 0.15) is 10.7 Å². The van der Waals surface area contributed by atoms with Gasteiger partial charge in [-0.25, -0.2) is 15.0 Å². The highest BCUT2D eigenvalue weighted by molar-refractivity contribution is 7.99. The Kier molecular flexibility index (Phi) is 5.27. The van der Waals surface area contributed by atoms with Gasteiger partial charge in [-0.3, -0.25) is 4.68 Å². The van der Waals surface area contributed by atoms with Crippen molar-refractivity contribution in [2.45, 2.75) is 18.9 Å². The van der Waals surface area contributed by atoms with Crippen LogP contribution in [0.2, 0.25) is 0 Å². The van der Waals surface area contributed by atoms with Crippen LogP contribution in [0.3, 0.4) is 0 Å². The van der Waals surface area contributed by atoms with E-state index in [0.717, 1.165) is 27.6 Å². The Morgan fingerprint density at radius 2 is 1.86 bits per heavy atom. The minimum Gasteiger partial charge on any atom is -0.321 e. The normalized spacial score (nSPS) is 14.8. The number of thioether (sulfide) groups is 1. The van der Waals surface area contributed by atoms with Gasteiger partial charge in [-0.05, 0) is 30.4 Å². The Bertz CT molecular complexity index is 1090. The Balaban J connectivity index is 1.33. The summed E-state index contributed by atoms with van der Waals surface area (Å²) >= 11 is 3.61. The molecule has 0 radical (unpaired) electrons. The maximum absolute atomic E-state index is 4.75. The predicted octanol–water partition coefficient (Wildman–Crippen LogP) is 5.28. The lowest BCUT2D eigenvalue weighted by Crippen LogP contribution is -2.15. The third-order valence-electron chi connectivity index (χ3n) is 4.87. The number of nitrogens with one attached hydrogen (secondary N) is 1. The summed E-state index contributed by atoms with van der Waals surface area (Å²) in [6.45, 7) is 0. The summed E-state index contributed by atoms with van der Waals surface area (Å²) in [7, 11) is 0. The van der Waals surface area contributed by atoms with Crippen LogP contribution in [0.1, 0.15) is 18.9 Å². The van der Waals surface area contributed by atoms with Gasteiger partial charge in [0.05, 0.1) is 23.6 Å². The average molecular weight is 421 g/mol. The average Bonchev–Trinajstić information content (AvgIpc) is 3.45. The van der Waals surface area contributed by atoms with Crippen LogP contribution in [-0.4, -0.2) is 36.2 Å². The second kappa shape index (κ2) is 8.34. The summed E-state index contributed by atoms with van der Waals surface area (Å²) in [5.41, 5.74) is 3.79. The maximum atomic E-state index is 4.75. The highest BCUT2D eigenvalue weighted by atomic mass is 32.2. The molecule has 0 amide bonds. The van der Waals surface area contributed by atoms with Crippen molar-refractivity contribution >= 4 is 34.7 Å². The van der Waals surface area contributed by atoms with Gasteiger partial charge in [-0.2, -0.15) is 16.9 Å². The number of benzene rings is 1. The van der Waals surface area contributed by atoms with Crippen LogP contribution >= 0.6 is 23.1 Å². The largest absolute Gasteiger partial charge is 0.321 e. The van der Waals surface area contributed by atoms with Crippen molar-refractivity contribution in [2.24, 2.45) is 0 Å². The van der Waals surface area contributed by atoms with Crippen molar-refractivity contribution in [3.05, 3.63) is 60.4 Å². The van der Waals surface area contributed by atoms with Crippen LogP contribution < -0.4 is 5.32 Å². The van der Waals surface area contributed by atoms with Crippen LogP contribution in [-0.2, 0) is 0 Å². The van der Waals surface area contributed by atoms with Gasteiger partial charge in [0, 0.05) is 23.3 Å². The fourth-order valence-electron chi connectivity index (χ4n) is 3.35. The third-order valence-corrected chi connectivity index (χ3v) is 6.78. The van der Waals surface area contributed by atoms with Crippen LogP contribution in [0, 0.1) is 0 Å². The van der Waals surface area contributed by atoms with Gasteiger partial charge in [0.15, 0.2) is 0 Å². The number of hydrogen-bond donors (Lipinski definition) is 1. The quantitative estimate of drug-likeness (QED) is 0.474. The molecule has 1 fully saturated rings. The fourth-order valence-corrected chi connectivity index (χ4v) is 5.23. The molecule has 0 atom stereocenters. The molecule has 8 heteroatoms. The van der Waals surface area contributed by atoms with E-state index in [0.29, 0.717) is 12.0 Å². The lowest BCUT2D eigenvalue weighted by molar-refractivity contribution is 0.427. The summed E-state index contributed by atoms with van der Waals surface area (Å²) in [4.78, 5) is 13.8. The highest BCUT2D eigenvalue weighted by Crippen LogP contribution is 2.29. The summed E-state index contributed by atoms with van der Waals surface area (Å²) in [5.74, 6) is 2.96. The molecular weight excluding hydrogens is 400 g/mol. The van der Waals surface area contributed by atoms with Gasteiger partial charge in [0.2, 0.25) is 5.95 Å². The summed E-state index contributed by atoms with van der Waals surface area (Å²) in [5, 5.41) is 10.8. The van der Waals surface area contributed by atoms with E-state index >= 15 is 0 Å². The van der Waals surface area contributed by atoms with Crippen LogP contribution in [0.25, 0.3) is 22.0 Å². The molecule has 4 heterocycles. The van der Waals surface area contributed by atoms with Crippen molar-refractivity contribution in [1.82, 2.24) is 24.7 Å². The number of rotatable bonds is 5. The van der Waals surface area contributed by atoms with E-state index in [2.05, 4.69) is 42.6 Å². The first-order chi connectivity index (χ1) is 14.3. The first kappa shape index (κ1) is 18.3. The molecule has 0 bridgehead atoms. The minimum absolute atomic E-state index is 0.491. The van der Waals surface area contributed by atoms with Crippen molar-refractivity contribution in [2.75, 3.05) is 16.8 Å². The standard InChI is InChI=1S/C21H20N6S2/c1-2-4-15(5-3-1)19-14-29-20(25-19)18-6-9-22-21(26-18)24-16-12-23-27(13-16)17-7-10-28-11-8-17/h1-6,9,12-14,17H,7-8,10-11H2,(H,22,24,26). The molecule has 0 saturated carbocycles. The molecule has 0 unspecified atom stereocenters. The minimum atomic E-state index is 0.491. The fraction of sp³-hybridized carbons (Fsp3) is 0.238. The molecule has 1 aromatic carbocycles. The molecule has 1 saturated heterocycles. The smallest absolute Gasteiger partial charge is 0.227 e. The zero-order valence-corrected chi connectivity index (χ0v) is 17.4. The molecule has 0 aliphatic carbocycles. The molecular formula is C21H20N6S2. The number of thiazole rings is 1. The second-order valence-electron chi connectivity index (χ2n) is 6.85. The highest BCUT2D eigenvalue weighted by Gasteiger charge is 2.16. The molecule has 6 nitrogen and oxygen atoms in total. The molecule has 1 aliphatic heterocycles. The van der Waals surface area contributed by atoms with Crippen LogP contribution in [0.5, 0.6) is 0 Å². The number of aromatic nitrogens is 5. The molecule has 5 rings (SSSR count). The zero-order valence-electron chi connectivity index (χ0n) is 15.7. The van der Waals surface area contributed by atoms with Gasteiger partial charge in [-0.15, -0.1) is 11.3 Å². The Labute approximate surface area is 177 Å². The van der Waals surface area contributed by atoms with Crippen molar-refractivity contribution < 1.29 is 0 Å². The van der Waals surface area contributed by atoms with E-state index in [1.807, 2.05) is 48.4 Å². The summed E-state index contributed by atoms with van der Waals surface area (Å²) in [6, 6.07) is 12.6. The van der Waals surface area contributed by atoms with Gasteiger partial charge in [0.25, 0.3) is 0 Å². The van der Waals surface area contributed by atoms with E-state index in [9.17, 15) is 0 Å². The van der Waals surface area contributed by atoms with E-state index < -0.39 is 0 Å². The van der Waals surface area contributed by atoms with Gasteiger partial charge >= 0.3 is 0 Å². The molecule has 146 valence electrons. The van der Waals surface area contributed by atoms with Crippen LogP contribution in [0.15, 0.2) is 60.4 Å². The first-order valence-electron chi connectivity index (χ1n) is 9.58. The molecule has 1 N–H and O–H groups in total. The first-order valence-corrected chi connectivity index (χ1v) is 11.6. The summed E-state index contributed by atoms with van der Waals surface area (Å²) < 4.78 is 2.07. The number of nitrogens with zero attached hydrogens (tertiary/aromatic N) is 5. The Morgan fingerprint density at radius 3 is 2.72 bits per heavy atom. The molecule has 3 aromatic heterocycles. The van der Waals surface area contributed by atoms with Gasteiger partial charge < -0.3 is 5.32 Å². The molecule has 4 aromatic rings. The molecule has 29 heavy (non-hydrogen) atoms. The monoisotopic (exact) mass is 420 g/mol. The van der Waals surface area contributed by atoms with Crippen molar-refractivity contribution in [1.29, 1.82) is 0 Å². The zero-order chi connectivity index (χ0) is 19.5. The Hall–Kier alpha value is -2.71. The number of anilines is 2. The second-order valence-corrected chi connectivity index (χ2v) is 8.93. The lowest BCUT2D eigenvalue weighted by Gasteiger charge is -2.21. The van der Waals surface area contributed by atoms with E-state index in [1.54, 1.807) is 17.5 Å². The molecule has 1 aliphatic rings. The Morgan fingerprint density at radius 1 is 1.00 bits per heavy atom. The predicted molar refractivity (Wildman–Crippen MR) is 120 cm³/mol. The lowest BCUT2D eigenvalue weighted by atomic mass is 10.2. The van der Waals surface area contributed by atoms with E-state index in [1.165, 1.54) is 24.3 Å². The SMILES string of the molecule is c1ccc(-c2csc(-c3ccnc(Nc4cnn(C5CCSCC5)c4)n3)n2)cc1. The number of hydrogen-bond acceptors (Lipinski definition) is 7. The van der Waals surface area contributed by atoms with Crippen LogP contribution in [0.4, 0.5) is 11.6 Å². The van der Waals surface area contributed by atoms with Crippen molar-refractivity contribution in [3.63, 3.8) is 0 Å². The van der Waals surface area contributed by atoms with Gasteiger partial charge in [-0.1, -0.05) is 30.3 Å². The van der Waals surface area contributed by atoms with E-state index in [4.69, 9.17) is 4.98 Å². The molecule has 0 spiro atoms. The topological polar surface area (TPSA) is 68.5 Å².